The molecule has 1 aromatic heterocycles. The third-order valence-corrected chi connectivity index (χ3v) is 4.18. The number of pyridine rings is 1. The Kier molecular flexibility index (Phi) is 3.72. The van der Waals surface area contributed by atoms with Crippen LogP contribution in [0.5, 0.6) is 11.5 Å². The summed E-state index contributed by atoms with van der Waals surface area (Å²) >= 11 is 1.54. The van der Waals surface area contributed by atoms with Gasteiger partial charge in [-0.1, -0.05) is 11.8 Å². The van der Waals surface area contributed by atoms with E-state index in [0.717, 1.165) is 32.7 Å². The molecule has 3 rings (SSSR count). The van der Waals surface area contributed by atoms with Gasteiger partial charge in [-0.3, -0.25) is 4.98 Å². The highest BCUT2D eigenvalue weighted by Crippen LogP contribution is 2.38. The van der Waals surface area contributed by atoms with Crippen molar-refractivity contribution < 1.29 is 9.47 Å². The minimum Gasteiger partial charge on any atom is -0.486 e. The van der Waals surface area contributed by atoms with Crippen LogP contribution in [0.2, 0.25) is 0 Å². The number of hydrogen-bond donors (Lipinski definition) is 0. The fourth-order valence-electron chi connectivity index (χ4n) is 2.22. The highest BCUT2D eigenvalue weighted by molar-refractivity contribution is 7.99. The molecule has 0 bridgehead atoms. The number of nitrogens with zero attached hydrogens (tertiary/aromatic N) is 2. The van der Waals surface area contributed by atoms with Gasteiger partial charge in [0, 0.05) is 15.5 Å². The van der Waals surface area contributed by atoms with Gasteiger partial charge in [0.25, 0.3) is 0 Å². The minimum absolute atomic E-state index is 0.567. The zero-order valence-corrected chi connectivity index (χ0v) is 12.7. The van der Waals surface area contributed by atoms with Crippen LogP contribution >= 0.6 is 11.8 Å². The van der Waals surface area contributed by atoms with Crippen molar-refractivity contribution in [1.29, 1.82) is 5.26 Å². The molecule has 0 saturated carbocycles. The number of ether oxygens (including phenoxy) is 2. The lowest BCUT2D eigenvalue weighted by Gasteiger charge is -2.18. The van der Waals surface area contributed by atoms with Crippen LogP contribution in [-0.2, 0) is 0 Å². The van der Waals surface area contributed by atoms with Gasteiger partial charge >= 0.3 is 0 Å². The molecule has 1 aliphatic rings. The van der Waals surface area contributed by atoms with Gasteiger partial charge < -0.3 is 9.47 Å². The average Bonchev–Trinajstić information content (AvgIpc) is 2.47. The van der Waals surface area contributed by atoms with Gasteiger partial charge in [-0.15, -0.1) is 0 Å². The van der Waals surface area contributed by atoms with Crippen LogP contribution in [0.25, 0.3) is 0 Å². The molecular weight excluding hydrogens is 284 g/mol. The summed E-state index contributed by atoms with van der Waals surface area (Å²) in [5.41, 5.74) is 2.30. The van der Waals surface area contributed by atoms with Crippen molar-refractivity contribution in [3.8, 4) is 17.6 Å². The first-order valence-electron chi connectivity index (χ1n) is 6.63. The number of aryl methyl sites for hydroxylation is 2. The molecule has 0 saturated heterocycles. The first-order chi connectivity index (χ1) is 10.2. The summed E-state index contributed by atoms with van der Waals surface area (Å²) in [5, 5.41) is 9.31. The summed E-state index contributed by atoms with van der Waals surface area (Å²) in [6.07, 6.45) is 0. The van der Waals surface area contributed by atoms with Gasteiger partial charge in [0.2, 0.25) is 0 Å². The molecular formula is C16H14N2O2S. The lowest BCUT2D eigenvalue weighted by atomic mass is 10.2. The fourth-order valence-corrected chi connectivity index (χ4v) is 3.30. The number of nitriles is 1. The molecule has 0 spiro atoms. The van der Waals surface area contributed by atoms with E-state index in [1.807, 2.05) is 38.1 Å². The molecule has 21 heavy (non-hydrogen) atoms. The molecule has 2 aromatic rings. The number of aromatic nitrogens is 1. The molecule has 1 aliphatic heterocycles. The van der Waals surface area contributed by atoms with E-state index in [4.69, 9.17) is 9.47 Å². The SMILES string of the molecule is Cc1cc(Sc2ccc3c(c2)OCCO3)c(C#N)c(C)n1. The van der Waals surface area contributed by atoms with E-state index >= 15 is 0 Å². The van der Waals surface area contributed by atoms with Crippen LogP contribution in [0.3, 0.4) is 0 Å². The number of rotatable bonds is 2. The van der Waals surface area contributed by atoms with Crippen LogP contribution in [0.1, 0.15) is 17.0 Å². The zero-order chi connectivity index (χ0) is 14.8. The molecule has 0 atom stereocenters. The lowest BCUT2D eigenvalue weighted by molar-refractivity contribution is 0.171. The summed E-state index contributed by atoms with van der Waals surface area (Å²) in [7, 11) is 0. The maximum absolute atomic E-state index is 9.31. The van der Waals surface area contributed by atoms with Crippen molar-refractivity contribution >= 4 is 11.8 Å². The minimum atomic E-state index is 0.567. The standard InChI is InChI=1S/C16H14N2O2S/c1-10-7-16(13(9-17)11(2)18-10)21-12-3-4-14-15(8-12)20-6-5-19-14/h3-4,7-8H,5-6H2,1-2H3. The van der Waals surface area contributed by atoms with E-state index < -0.39 is 0 Å². The zero-order valence-electron chi connectivity index (χ0n) is 11.8. The summed E-state index contributed by atoms with van der Waals surface area (Å²) in [6.45, 7) is 4.94. The van der Waals surface area contributed by atoms with Crippen molar-refractivity contribution in [3.63, 3.8) is 0 Å². The molecule has 0 radical (unpaired) electrons. The Morgan fingerprint density at radius 1 is 1.14 bits per heavy atom. The van der Waals surface area contributed by atoms with E-state index in [-0.39, 0.29) is 0 Å². The van der Waals surface area contributed by atoms with Gasteiger partial charge in [0.1, 0.15) is 19.3 Å². The maximum Gasteiger partial charge on any atom is 0.162 e. The molecule has 0 aliphatic carbocycles. The third-order valence-electron chi connectivity index (χ3n) is 3.15. The Morgan fingerprint density at radius 2 is 1.90 bits per heavy atom. The molecule has 106 valence electrons. The Balaban J connectivity index is 1.96. The van der Waals surface area contributed by atoms with Gasteiger partial charge in [0.05, 0.1) is 11.3 Å². The van der Waals surface area contributed by atoms with Crippen LogP contribution in [-0.4, -0.2) is 18.2 Å². The van der Waals surface area contributed by atoms with Crippen molar-refractivity contribution in [2.45, 2.75) is 23.6 Å². The van der Waals surface area contributed by atoms with Gasteiger partial charge in [0.15, 0.2) is 11.5 Å². The molecule has 0 N–H and O–H groups in total. The topological polar surface area (TPSA) is 55.1 Å². The van der Waals surface area contributed by atoms with Gasteiger partial charge in [-0.05, 0) is 38.1 Å². The Labute approximate surface area is 127 Å². The van der Waals surface area contributed by atoms with Crippen molar-refractivity contribution in [2.75, 3.05) is 13.2 Å². The summed E-state index contributed by atoms with van der Waals surface area (Å²) < 4.78 is 11.1. The maximum atomic E-state index is 9.31. The Hall–Kier alpha value is -2.19. The molecule has 0 unspecified atom stereocenters. The number of benzene rings is 1. The van der Waals surface area contributed by atoms with Crippen LogP contribution in [0, 0.1) is 25.2 Å². The first-order valence-corrected chi connectivity index (χ1v) is 7.45. The predicted molar refractivity (Wildman–Crippen MR) is 80.0 cm³/mol. The van der Waals surface area contributed by atoms with Crippen molar-refractivity contribution in [1.82, 2.24) is 4.98 Å². The monoisotopic (exact) mass is 298 g/mol. The van der Waals surface area contributed by atoms with Crippen molar-refractivity contribution in [2.24, 2.45) is 0 Å². The molecule has 2 heterocycles. The Bertz CT molecular complexity index is 738. The number of hydrogen-bond acceptors (Lipinski definition) is 5. The van der Waals surface area contributed by atoms with E-state index in [0.29, 0.717) is 18.8 Å². The molecule has 0 amide bonds. The van der Waals surface area contributed by atoms with Crippen molar-refractivity contribution in [3.05, 3.63) is 41.2 Å². The van der Waals surface area contributed by atoms with Gasteiger partial charge in [-0.25, -0.2) is 0 Å². The quantitative estimate of drug-likeness (QED) is 0.849. The second-order valence-corrected chi connectivity index (χ2v) is 5.86. The van der Waals surface area contributed by atoms with E-state index in [2.05, 4.69) is 11.1 Å². The highest BCUT2D eigenvalue weighted by Gasteiger charge is 2.14. The summed E-state index contributed by atoms with van der Waals surface area (Å²) in [6, 6.07) is 10.0. The van der Waals surface area contributed by atoms with Crippen LogP contribution < -0.4 is 9.47 Å². The Morgan fingerprint density at radius 3 is 2.67 bits per heavy atom. The smallest absolute Gasteiger partial charge is 0.162 e. The first kappa shape index (κ1) is 13.8. The lowest BCUT2D eigenvalue weighted by Crippen LogP contribution is -2.15. The van der Waals surface area contributed by atoms with Crippen LogP contribution in [0.15, 0.2) is 34.1 Å². The molecule has 0 fully saturated rings. The van der Waals surface area contributed by atoms with E-state index in [9.17, 15) is 5.26 Å². The second-order valence-electron chi connectivity index (χ2n) is 4.74. The van der Waals surface area contributed by atoms with Crippen LogP contribution in [0.4, 0.5) is 0 Å². The third kappa shape index (κ3) is 2.81. The fraction of sp³-hybridized carbons (Fsp3) is 0.250. The summed E-state index contributed by atoms with van der Waals surface area (Å²) in [5.74, 6) is 1.53. The molecule has 1 aromatic carbocycles. The van der Waals surface area contributed by atoms with Gasteiger partial charge in [-0.2, -0.15) is 5.26 Å². The largest absolute Gasteiger partial charge is 0.486 e. The van der Waals surface area contributed by atoms with E-state index in [1.54, 1.807) is 11.8 Å². The second kappa shape index (κ2) is 5.66. The predicted octanol–water partition coefficient (Wildman–Crippen LogP) is 3.49. The normalized spacial score (nSPS) is 12.8. The number of fused-ring (bicyclic) bond motifs is 1. The highest BCUT2D eigenvalue weighted by atomic mass is 32.2. The average molecular weight is 298 g/mol. The molecule has 5 heteroatoms. The summed E-state index contributed by atoms with van der Waals surface area (Å²) in [4.78, 5) is 6.27. The molecule has 4 nitrogen and oxygen atoms in total. The van der Waals surface area contributed by atoms with E-state index in [1.165, 1.54) is 0 Å².